The van der Waals surface area contributed by atoms with Gasteiger partial charge in [0.1, 0.15) is 0 Å². The molecule has 1 aromatic carbocycles. The van der Waals surface area contributed by atoms with Gasteiger partial charge in [-0.25, -0.2) is 5.06 Å². The Bertz CT molecular complexity index is 573. The molecule has 0 radical (unpaired) electrons. The van der Waals surface area contributed by atoms with E-state index < -0.39 is 0 Å². The summed E-state index contributed by atoms with van der Waals surface area (Å²) in [4.78, 5) is 27.5. The molecule has 0 spiro atoms. The lowest BCUT2D eigenvalue weighted by Gasteiger charge is -2.38. The summed E-state index contributed by atoms with van der Waals surface area (Å²) in [6.07, 6.45) is 2.83. The van der Waals surface area contributed by atoms with Gasteiger partial charge in [0.25, 0.3) is 0 Å². The first-order valence-electron chi connectivity index (χ1n) is 9.01. The van der Waals surface area contributed by atoms with Gasteiger partial charge < -0.3 is 20.5 Å². The molecule has 1 heterocycles. The van der Waals surface area contributed by atoms with Gasteiger partial charge in [-0.1, -0.05) is 19.8 Å². The first-order chi connectivity index (χ1) is 12.6. The standard InChI is InChI=1S/C18H27N4O4/c1-2-3-4-15(13-22(26)14-23)18(24)21-11-9-20(10-12-21)17-7-5-16(19-25)6-8-17/h5-8,14-15,19,26H,2-4,9-13H2,1H3/q-1. The van der Waals surface area contributed by atoms with Gasteiger partial charge in [-0.05, 0) is 30.7 Å². The van der Waals surface area contributed by atoms with E-state index in [1.54, 1.807) is 12.1 Å². The summed E-state index contributed by atoms with van der Waals surface area (Å²) in [6.45, 7) is 4.67. The number of hydroxylamine groups is 2. The van der Waals surface area contributed by atoms with Crippen LogP contribution in [-0.4, -0.2) is 60.2 Å². The Balaban J connectivity index is 1.92. The molecular weight excluding hydrogens is 336 g/mol. The maximum absolute atomic E-state index is 12.8. The van der Waals surface area contributed by atoms with Crippen molar-refractivity contribution < 1.29 is 14.8 Å². The monoisotopic (exact) mass is 363 g/mol. The summed E-state index contributed by atoms with van der Waals surface area (Å²) >= 11 is 0. The SMILES string of the molecule is CCCCC(CN(O)C=O)C(=O)N1CCN(c2ccc(N[O-])cc2)CC1. The maximum Gasteiger partial charge on any atom is 0.233 e. The zero-order valence-corrected chi connectivity index (χ0v) is 15.1. The molecule has 2 amide bonds. The van der Waals surface area contributed by atoms with Gasteiger partial charge in [0.05, 0.1) is 12.5 Å². The van der Waals surface area contributed by atoms with Crippen molar-refractivity contribution in [1.29, 1.82) is 0 Å². The van der Waals surface area contributed by atoms with Crippen molar-refractivity contribution in [3.8, 4) is 0 Å². The van der Waals surface area contributed by atoms with Crippen molar-refractivity contribution in [3.63, 3.8) is 0 Å². The molecule has 1 unspecified atom stereocenters. The molecule has 8 heteroatoms. The Morgan fingerprint density at radius 3 is 2.50 bits per heavy atom. The molecule has 1 aliphatic heterocycles. The fourth-order valence-electron chi connectivity index (χ4n) is 3.20. The van der Waals surface area contributed by atoms with E-state index in [1.807, 2.05) is 29.4 Å². The Morgan fingerprint density at radius 2 is 1.96 bits per heavy atom. The van der Waals surface area contributed by atoms with Crippen molar-refractivity contribution in [3.05, 3.63) is 29.5 Å². The van der Waals surface area contributed by atoms with Gasteiger partial charge in [0.15, 0.2) is 0 Å². The zero-order chi connectivity index (χ0) is 18.9. The number of benzene rings is 1. The van der Waals surface area contributed by atoms with Gasteiger partial charge in [-0.3, -0.25) is 14.8 Å². The number of rotatable bonds is 9. The van der Waals surface area contributed by atoms with Crippen molar-refractivity contribution in [1.82, 2.24) is 9.96 Å². The molecule has 1 fully saturated rings. The first-order valence-corrected chi connectivity index (χ1v) is 9.01. The van der Waals surface area contributed by atoms with E-state index in [1.165, 1.54) is 0 Å². The van der Waals surface area contributed by atoms with E-state index in [-0.39, 0.29) is 18.4 Å². The van der Waals surface area contributed by atoms with E-state index in [0.717, 1.165) is 18.5 Å². The summed E-state index contributed by atoms with van der Waals surface area (Å²) in [7, 11) is 0. The Morgan fingerprint density at radius 1 is 1.31 bits per heavy atom. The third-order valence-electron chi connectivity index (χ3n) is 4.73. The third kappa shape index (κ3) is 5.34. The summed E-state index contributed by atoms with van der Waals surface area (Å²) in [5.41, 5.74) is 3.39. The minimum absolute atomic E-state index is 0.00935. The molecule has 2 rings (SSSR count). The van der Waals surface area contributed by atoms with Crippen molar-refractivity contribution >= 4 is 23.7 Å². The van der Waals surface area contributed by atoms with Gasteiger partial charge in [-0.15, -0.1) is 0 Å². The third-order valence-corrected chi connectivity index (χ3v) is 4.73. The van der Waals surface area contributed by atoms with Crippen LogP contribution < -0.4 is 10.4 Å². The summed E-state index contributed by atoms with van der Waals surface area (Å²) < 4.78 is 0. The molecule has 8 nitrogen and oxygen atoms in total. The highest BCUT2D eigenvalue weighted by Gasteiger charge is 2.28. The number of hydrogen-bond donors (Lipinski definition) is 2. The topological polar surface area (TPSA) is 99.2 Å². The van der Waals surface area contributed by atoms with Crippen LogP contribution in [0, 0.1) is 11.1 Å². The molecule has 2 N–H and O–H groups in total. The summed E-state index contributed by atoms with van der Waals surface area (Å²) in [5.74, 6) is -0.385. The van der Waals surface area contributed by atoms with Crippen LogP contribution in [0.3, 0.4) is 0 Å². The van der Waals surface area contributed by atoms with E-state index >= 15 is 0 Å². The number of nitrogens with zero attached hydrogens (tertiary/aromatic N) is 3. The quantitative estimate of drug-likeness (QED) is 0.395. The molecule has 1 atom stereocenters. The average Bonchev–Trinajstić information content (AvgIpc) is 2.70. The van der Waals surface area contributed by atoms with Gasteiger partial charge >= 0.3 is 0 Å². The van der Waals surface area contributed by atoms with E-state index in [2.05, 4.69) is 4.90 Å². The summed E-state index contributed by atoms with van der Waals surface area (Å²) in [6, 6.07) is 7.23. The van der Waals surface area contributed by atoms with Crippen molar-refractivity contribution in [2.75, 3.05) is 43.1 Å². The van der Waals surface area contributed by atoms with Crippen LogP contribution >= 0.6 is 0 Å². The predicted molar refractivity (Wildman–Crippen MR) is 99.8 cm³/mol. The number of piperazine rings is 1. The molecule has 1 aromatic rings. The number of amides is 2. The molecular formula is C18H27N4O4-. The minimum atomic E-state index is -0.376. The van der Waals surface area contributed by atoms with Gasteiger partial charge in [0, 0.05) is 37.6 Å². The van der Waals surface area contributed by atoms with E-state index in [0.29, 0.717) is 49.8 Å². The fourth-order valence-corrected chi connectivity index (χ4v) is 3.20. The number of nitrogens with one attached hydrogen (secondary N) is 1. The van der Waals surface area contributed by atoms with Crippen LogP contribution in [0.1, 0.15) is 26.2 Å². The first kappa shape index (κ1) is 20.0. The van der Waals surface area contributed by atoms with Crippen LogP contribution in [0.15, 0.2) is 24.3 Å². The Labute approximate surface area is 153 Å². The van der Waals surface area contributed by atoms with Crippen LogP contribution in [0.4, 0.5) is 11.4 Å². The molecule has 26 heavy (non-hydrogen) atoms. The van der Waals surface area contributed by atoms with Crippen molar-refractivity contribution in [2.45, 2.75) is 26.2 Å². The van der Waals surface area contributed by atoms with Crippen LogP contribution in [0.2, 0.25) is 0 Å². The molecule has 0 aromatic heterocycles. The lowest BCUT2D eigenvalue weighted by atomic mass is 10.00. The largest absolute Gasteiger partial charge is 0.761 e. The van der Waals surface area contributed by atoms with E-state index in [4.69, 9.17) is 0 Å². The normalized spacial score (nSPS) is 15.5. The lowest BCUT2D eigenvalue weighted by Crippen LogP contribution is -2.51. The Kier molecular flexibility index (Phi) is 7.68. The highest BCUT2D eigenvalue weighted by atomic mass is 16.5. The van der Waals surface area contributed by atoms with Crippen molar-refractivity contribution in [2.24, 2.45) is 5.92 Å². The highest BCUT2D eigenvalue weighted by Crippen LogP contribution is 2.21. The van der Waals surface area contributed by atoms with Crippen LogP contribution in [-0.2, 0) is 9.59 Å². The maximum atomic E-state index is 12.8. The summed E-state index contributed by atoms with van der Waals surface area (Å²) in [5, 5.41) is 20.6. The predicted octanol–water partition coefficient (Wildman–Crippen LogP) is 1.90. The number of anilines is 2. The molecule has 144 valence electrons. The lowest BCUT2D eigenvalue weighted by molar-refractivity contribution is -0.157. The Hall–Kier alpha value is -2.32. The number of hydrogen-bond acceptors (Lipinski definition) is 6. The minimum Gasteiger partial charge on any atom is -0.761 e. The zero-order valence-electron chi connectivity index (χ0n) is 15.1. The highest BCUT2D eigenvalue weighted by molar-refractivity contribution is 5.79. The molecule has 0 bridgehead atoms. The molecule has 0 saturated carbocycles. The number of carbonyl (C=O) groups is 2. The van der Waals surface area contributed by atoms with Crippen LogP contribution in [0.25, 0.3) is 0 Å². The van der Waals surface area contributed by atoms with Crippen LogP contribution in [0.5, 0.6) is 0 Å². The smallest absolute Gasteiger partial charge is 0.233 e. The second-order valence-electron chi connectivity index (χ2n) is 6.53. The van der Waals surface area contributed by atoms with E-state index in [9.17, 15) is 20.0 Å². The molecule has 1 aliphatic rings. The number of carbonyl (C=O) groups excluding carboxylic acids is 2. The van der Waals surface area contributed by atoms with Gasteiger partial charge in [0.2, 0.25) is 12.3 Å². The molecule has 0 aliphatic carbocycles. The number of unbranched alkanes of at least 4 members (excludes halogenated alkanes) is 1. The molecule has 1 saturated heterocycles. The second kappa shape index (κ2) is 9.98. The van der Waals surface area contributed by atoms with Gasteiger partial charge in [-0.2, -0.15) is 0 Å². The fraction of sp³-hybridized carbons (Fsp3) is 0.556. The second-order valence-corrected chi connectivity index (χ2v) is 6.53. The average molecular weight is 363 g/mol.